The van der Waals surface area contributed by atoms with Crippen molar-refractivity contribution in [3.8, 4) is 5.75 Å². The first-order chi connectivity index (χ1) is 11.8. The molecule has 0 saturated heterocycles. The summed E-state index contributed by atoms with van der Waals surface area (Å²) in [6.45, 7) is 13.6. The Hall–Kier alpha value is -1.41. The van der Waals surface area contributed by atoms with Crippen LogP contribution in [0, 0.1) is 0 Å². The molecule has 1 aliphatic rings. The second-order valence-electron chi connectivity index (χ2n) is 8.20. The fraction of sp³-hybridized carbons (Fsp3) is 0.478. The van der Waals surface area contributed by atoms with Gasteiger partial charge in [0, 0.05) is 4.90 Å². The van der Waals surface area contributed by atoms with Crippen LogP contribution in [-0.2, 0) is 6.42 Å². The van der Waals surface area contributed by atoms with Crippen molar-refractivity contribution in [3.63, 3.8) is 0 Å². The van der Waals surface area contributed by atoms with Crippen LogP contribution in [0.15, 0.2) is 47.4 Å². The van der Waals surface area contributed by atoms with Gasteiger partial charge in [-0.25, -0.2) is 0 Å². The van der Waals surface area contributed by atoms with Crippen LogP contribution in [0.2, 0.25) is 0 Å². The summed E-state index contributed by atoms with van der Waals surface area (Å²) in [5.74, 6) is 2.10. The van der Waals surface area contributed by atoms with Gasteiger partial charge in [-0.05, 0) is 54.9 Å². The molecule has 0 aromatic heterocycles. The Kier molecular flexibility index (Phi) is 5.20. The topological polar surface area (TPSA) is 9.23 Å². The summed E-state index contributed by atoms with van der Waals surface area (Å²) in [5, 5.41) is 0.403. The predicted molar refractivity (Wildman–Crippen MR) is 109 cm³/mol. The van der Waals surface area contributed by atoms with Crippen LogP contribution in [0.1, 0.15) is 70.1 Å². The highest BCUT2D eigenvalue weighted by molar-refractivity contribution is 8.00. The fourth-order valence-electron chi connectivity index (χ4n) is 3.51. The molecule has 2 aromatic carbocycles. The Morgan fingerprint density at radius 2 is 1.52 bits per heavy atom. The van der Waals surface area contributed by atoms with Gasteiger partial charge in [-0.3, -0.25) is 0 Å². The van der Waals surface area contributed by atoms with Crippen molar-refractivity contribution in [3.05, 3.63) is 59.2 Å². The maximum atomic E-state index is 6.38. The lowest BCUT2D eigenvalue weighted by atomic mass is 9.93. The van der Waals surface area contributed by atoms with E-state index in [1.165, 1.54) is 21.6 Å². The lowest BCUT2D eigenvalue weighted by Gasteiger charge is -2.40. The van der Waals surface area contributed by atoms with E-state index in [1.54, 1.807) is 0 Å². The first-order valence-corrected chi connectivity index (χ1v) is 10.2. The minimum absolute atomic E-state index is 0.183. The van der Waals surface area contributed by atoms with Crippen LogP contribution >= 0.6 is 11.8 Å². The molecular formula is C23H30OS. The Balaban J connectivity index is 1.99. The average Bonchev–Trinajstić information content (AvgIpc) is 2.54. The highest BCUT2D eigenvalue weighted by Crippen LogP contribution is 2.45. The van der Waals surface area contributed by atoms with E-state index in [0.717, 1.165) is 12.2 Å². The molecule has 0 amide bonds. The summed E-state index contributed by atoms with van der Waals surface area (Å²) in [7, 11) is 0. The molecule has 134 valence electrons. The highest BCUT2D eigenvalue weighted by Gasteiger charge is 2.38. The van der Waals surface area contributed by atoms with Crippen molar-refractivity contribution in [2.24, 2.45) is 0 Å². The molecular weight excluding hydrogens is 324 g/mol. The molecule has 1 nitrogen and oxygen atoms in total. The van der Waals surface area contributed by atoms with Crippen LogP contribution in [-0.4, -0.2) is 10.9 Å². The molecule has 1 heterocycles. The highest BCUT2D eigenvalue weighted by atomic mass is 32.2. The third-order valence-corrected chi connectivity index (χ3v) is 6.83. The van der Waals surface area contributed by atoms with Crippen LogP contribution in [0.4, 0.5) is 0 Å². The molecule has 0 radical (unpaired) electrons. The zero-order chi connectivity index (χ0) is 18.2. The summed E-state index contributed by atoms with van der Waals surface area (Å²) in [4.78, 5) is 1.47. The van der Waals surface area contributed by atoms with Gasteiger partial charge in [0.1, 0.15) is 11.4 Å². The maximum absolute atomic E-state index is 6.38. The summed E-state index contributed by atoms with van der Waals surface area (Å²) in [5.41, 5.74) is 4.07. The van der Waals surface area contributed by atoms with Crippen molar-refractivity contribution >= 4 is 11.8 Å². The first-order valence-electron chi connectivity index (χ1n) is 9.36. The zero-order valence-corrected chi connectivity index (χ0v) is 17.1. The minimum Gasteiger partial charge on any atom is -0.486 e. The van der Waals surface area contributed by atoms with Crippen molar-refractivity contribution in [2.45, 2.75) is 75.5 Å². The van der Waals surface area contributed by atoms with E-state index >= 15 is 0 Å². The second kappa shape index (κ2) is 7.07. The number of hydrogen-bond donors (Lipinski definition) is 0. The second-order valence-corrected chi connectivity index (χ2v) is 9.41. The van der Waals surface area contributed by atoms with E-state index in [4.69, 9.17) is 4.74 Å². The van der Waals surface area contributed by atoms with Crippen molar-refractivity contribution < 1.29 is 4.74 Å². The van der Waals surface area contributed by atoms with Crippen molar-refractivity contribution in [1.82, 2.24) is 0 Å². The average molecular weight is 355 g/mol. The quantitative estimate of drug-likeness (QED) is 0.596. The largest absolute Gasteiger partial charge is 0.486 e. The van der Waals surface area contributed by atoms with Gasteiger partial charge >= 0.3 is 0 Å². The number of ether oxygens (including phenoxy) is 1. The monoisotopic (exact) mass is 354 g/mol. The van der Waals surface area contributed by atoms with Crippen LogP contribution in [0.3, 0.4) is 0 Å². The number of hydrogen-bond acceptors (Lipinski definition) is 2. The maximum Gasteiger partial charge on any atom is 0.123 e. The number of para-hydroxylation sites is 1. The van der Waals surface area contributed by atoms with Gasteiger partial charge in [-0.2, -0.15) is 0 Å². The number of thioether (sulfide) groups is 1. The Morgan fingerprint density at radius 1 is 0.920 bits per heavy atom. The molecule has 0 N–H and O–H groups in total. The zero-order valence-electron chi connectivity index (χ0n) is 16.3. The third kappa shape index (κ3) is 3.74. The molecule has 3 rings (SSSR count). The van der Waals surface area contributed by atoms with Gasteiger partial charge in [-0.15, -0.1) is 11.8 Å². The molecule has 0 unspecified atom stereocenters. The normalized spacial score (nSPS) is 19.0. The predicted octanol–water partition coefficient (Wildman–Crippen LogP) is 6.81. The summed E-state index contributed by atoms with van der Waals surface area (Å²) in [6, 6.07) is 15.3. The lowest BCUT2D eigenvalue weighted by Crippen LogP contribution is -2.44. The van der Waals surface area contributed by atoms with Crippen molar-refractivity contribution in [2.75, 3.05) is 0 Å². The summed E-state index contributed by atoms with van der Waals surface area (Å²) < 4.78 is 6.38. The number of fused-ring (bicyclic) bond motifs is 1. The Labute approximate surface area is 157 Å². The Morgan fingerprint density at radius 3 is 2.12 bits per heavy atom. The van der Waals surface area contributed by atoms with Gasteiger partial charge in [0.2, 0.25) is 0 Å². The standard InChI is InChI=1S/C23H30OS/c1-15(2)18-11-9-12-19(16(3)4)22(18)25-21-14-17-10-7-8-13-20(17)24-23(21,5)6/h7-13,15-16,21H,14H2,1-6H3/t21-/m1/s1. The van der Waals surface area contributed by atoms with E-state index in [1.807, 2.05) is 11.8 Å². The molecule has 1 aliphatic heterocycles. The van der Waals surface area contributed by atoms with Crippen LogP contribution in [0.25, 0.3) is 0 Å². The van der Waals surface area contributed by atoms with Crippen LogP contribution in [0.5, 0.6) is 5.75 Å². The molecule has 0 saturated carbocycles. The minimum atomic E-state index is -0.183. The van der Waals surface area contributed by atoms with Gasteiger partial charge in [0.05, 0.1) is 5.25 Å². The summed E-state index contributed by atoms with van der Waals surface area (Å²) in [6.07, 6.45) is 1.05. The SMILES string of the molecule is CC(C)c1cccc(C(C)C)c1S[C@@H]1Cc2ccccc2OC1(C)C. The first kappa shape index (κ1) is 18.4. The third-order valence-electron chi connectivity index (χ3n) is 5.11. The van der Waals surface area contributed by atoms with Crippen molar-refractivity contribution in [1.29, 1.82) is 0 Å². The fourth-order valence-corrected chi connectivity index (χ4v) is 5.27. The van der Waals surface area contributed by atoms with Gasteiger partial charge in [-0.1, -0.05) is 64.1 Å². The Bertz CT molecular complexity index is 719. The summed E-state index contributed by atoms with van der Waals surface area (Å²) >= 11 is 2.02. The van der Waals surface area contributed by atoms with E-state index < -0.39 is 0 Å². The molecule has 0 bridgehead atoms. The van der Waals surface area contributed by atoms with Gasteiger partial charge < -0.3 is 4.74 Å². The molecule has 25 heavy (non-hydrogen) atoms. The van der Waals surface area contributed by atoms with E-state index in [0.29, 0.717) is 17.1 Å². The number of rotatable bonds is 4. The smallest absolute Gasteiger partial charge is 0.123 e. The van der Waals surface area contributed by atoms with E-state index in [-0.39, 0.29) is 5.60 Å². The number of benzene rings is 2. The molecule has 2 heteroatoms. The van der Waals surface area contributed by atoms with Gasteiger partial charge in [0.15, 0.2) is 0 Å². The van der Waals surface area contributed by atoms with E-state index in [2.05, 4.69) is 84.0 Å². The molecule has 2 aromatic rings. The molecule has 0 spiro atoms. The van der Waals surface area contributed by atoms with E-state index in [9.17, 15) is 0 Å². The van der Waals surface area contributed by atoms with Crippen LogP contribution < -0.4 is 4.74 Å². The molecule has 0 aliphatic carbocycles. The van der Waals surface area contributed by atoms with Gasteiger partial charge in [0.25, 0.3) is 0 Å². The molecule has 1 atom stereocenters. The lowest BCUT2D eigenvalue weighted by molar-refractivity contribution is 0.0914. The molecule has 0 fully saturated rings.